The fourth-order valence-electron chi connectivity index (χ4n) is 4.16. The average Bonchev–Trinajstić information content (AvgIpc) is 3.13. The van der Waals surface area contributed by atoms with Crippen LogP contribution in [0.15, 0.2) is 87.4 Å². The van der Waals surface area contributed by atoms with Gasteiger partial charge in [0.2, 0.25) is 0 Å². The van der Waals surface area contributed by atoms with E-state index in [-0.39, 0.29) is 5.56 Å². The molecule has 2 aromatic heterocycles. The Labute approximate surface area is 181 Å². The van der Waals surface area contributed by atoms with E-state index in [1.165, 1.54) is 0 Å². The van der Waals surface area contributed by atoms with E-state index in [1.807, 2.05) is 67.6 Å². The topological polar surface area (TPSA) is 34.4 Å². The van der Waals surface area contributed by atoms with Gasteiger partial charge in [0.25, 0.3) is 5.56 Å². The second-order valence-corrected chi connectivity index (χ2v) is 9.02. The normalized spacial score (nSPS) is 11.9. The van der Waals surface area contributed by atoms with Gasteiger partial charge in [-0.1, -0.05) is 47.6 Å². The van der Waals surface area contributed by atoms with Gasteiger partial charge in [0.05, 0.1) is 11.0 Å². The third kappa shape index (κ3) is 2.54. The average molecular weight is 427 g/mol. The molecule has 0 aliphatic heterocycles. The number of aromatic nitrogens is 2. The molecule has 0 saturated carbocycles. The summed E-state index contributed by atoms with van der Waals surface area (Å²) in [4.78, 5) is 20.5. The van der Waals surface area contributed by atoms with Gasteiger partial charge in [-0.05, 0) is 66.4 Å². The van der Waals surface area contributed by atoms with E-state index < -0.39 is 0 Å². The summed E-state index contributed by atoms with van der Waals surface area (Å²) < 4.78 is 1.75. The van der Waals surface area contributed by atoms with Crippen LogP contribution in [0, 0.1) is 6.92 Å². The quantitative estimate of drug-likeness (QED) is 0.309. The lowest BCUT2D eigenvalue weighted by Gasteiger charge is -2.11. The lowest BCUT2D eigenvalue weighted by atomic mass is 10.0. The van der Waals surface area contributed by atoms with Crippen molar-refractivity contribution in [2.45, 2.75) is 16.7 Å². The first-order valence-corrected chi connectivity index (χ1v) is 10.8. The molecular weight excluding hydrogens is 412 g/mol. The smallest absolute Gasteiger partial charge is 0.264 e. The zero-order chi connectivity index (χ0) is 20.4. The van der Waals surface area contributed by atoms with E-state index in [0.717, 1.165) is 47.6 Å². The van der Waals surface area contributed by atoms with Crippen molar-refractivity contribution in [2.24, 2.45) is 0 Å². The molecule has 4 aromatic carbocycles. The molecule has 0 N–H and O–H groups in total. The monoisotopic (exact) mass is 426 g/mol. The van der Waals surface area contributed by atoms with Crippen LogP contribution in [-0.2, 0) is 0 Å². The maximum absolute atomic E-state index is 13.5. The molecule has 0 spiro atoms. The van der Waals surface area contributed by atoms with Crippen LogP contribution in [0.5, 0.6) is 0 Å². The largest absolute Gasteiger partial charge is 0.268 e. The van der Waals surface area contributed by atoms with Gasteiger partial charge in [-0.15, -0.1) is 0 Å². The summed E-state index contributed by atoms with van der Waals surface area (Å²) in [5.41, 5.74) is 3.51. The van der Waals surface area contributed by atoms with Gasteiger partial charge in [0.15, 0.2) is 0 Å². The number of benzene rings is 4. The number of imidazole rings is 1. The summed E-state index contributed by atoms with van der Waals surface area (Å²) in [6.07, 6.45) is 0. The van der Waals surface area contributed by atoms with Gasteiger partial charge in [0.1, 0.15) is 5.65 Å². The second-order valence-electron chi connectivity index (χ2n) is 7.46. The van der Waals surface area contributed by atoms with Crippen molar-refractivity contribution in [3.8, 4) is 0 Å². The highest BCUT2D eigenvalue weighted by molar-refractivity contribution is 7.99. The number of hydrogen-bond donors (Lipinski definition) is 0. The number of nitrogens with zero attached hydrogens (tertiary/aromatic N) is 2. The van der Waals surface area contributed by atoms with Crippen LogP contribution in [0.4, 0.5) is 0 Å². The Hall–Kier alpha value is -3.08. The summed E-state index contributed by atoms with van der Waals surface area (Å²) in [7, 11) is 0. The van der Waals surface area contributed by atoms with Crippen LogP contribution < -0.4 is 5.56 Å². The predicted molar refractivity (Wildman–Crippen MR) is 125 cm³/mol. The van der Waals surface area contributed by atoms with Crippen molar-refractivity contribution in [3.05, 3.63) is 93.7 Å². The molecule has 0 radical (unpaired) electrons. The molecular formula is C25H15ClN2OS. The van der Waals surface area contributed by atoms with Crippen LogP contribution in [0.2, 0.25) is 5.02 Å². The molecule has 0 amide bonds. The van der Waals surface area contributed by atoms with Crippen LogP contribution in [0.25, 0.3) is 38.2 Å². The highest BCUT2D eigenvalue weighted by Crippen LogP contribution is 2.38. The number of fused-ring (bicyclic) bond motifs is 4. The molecule has 5 heteroatoms. The number of hydrogen-bond acceptors (Lipinski definition) is 3. The standard InChI is InChI=1S/C25H15ClN2OS/c1-14-5-11-21-20(13-14)27-24-18-4-2-3-17-22(30-16-8-6-15(26)7-9-16)12-10-19(23(17)18)25(29)28(21)24/h2-13H,1H3. The Morgan fingerprint density at radius 1 is 0.900 bits per heavy atom. The van der Waals surface area contributed by atoms with E-state index in [2.05, 4.69) is 12.1 Å². The SMILES string of the molecule is Cc1ccc2c(c1)nc1c3cccc4c(Sc5ccc(Cl)cc5)ccc(c(=O)n21)c43. The van der Waals surface area contributed by atoms with E-state index in [4.69, 9.17) is 16.6 Å². The third-order valence-electron chi connectivity index (χ3n) is 5.53. The minimum Gasteiger partial charge on any atom is -0.268 e. The minimum absolute atomic E-state index is 0.0249. The summed E-state index contributed by atoms with van der Waals surface area (Å²) in [6.45, 7) is 2.04. The lowest BCUT2D eigenvalue weighted by Crippen LogP contribution is -2.13. The highest BCUT2D eigenvalue weighted by atomic mass is 35.5. The van der Waals surface area contributed by atoms with E-state index in [9.17, 15) is 4.79 Å². The van der Waals surface area contributed by atoms with Crippen LogP contribution in [-0.4, -0.2) is 9.38 Å². The van der Waals surface area contributed by atoms with Gasteiger partial charge in [-0.3, -0.25) is 9.20 Å². The van der Waals surface area contributed by atoms with Gasteiger partial charge >= 0.3 is 0 Å². The molecule has 30 heavy (non-hydrogen) atoms. The third-order valence-corrected chi connectivity index (χ3v) is 6.86. The Kier molecular flexibility index (Phi) is 3.82. The number of pyridine rings is 1. The van der Waals surface area contributed by atoms with Crippen molar-refractivity contribution >= 4 is 61.6 Å². The van der Waals surface area contributed by atoms with Crippen molar-refractivity contribution < 1.29 is 0 Å². The van der Waals surface area contributed by atoms with E-state index in [0.29, 0.717) is 11.0 Å². The van der Waals surface area contributed by atoms with E-state index >= 15 is 0 Å². The van der Waals surface area contributed by atoms with Crippen molar-refractivity contribution in [1.29, 1.82) is 0 Å². The zero-order valence-electron chi connectivity index (χ0n) is 16.0. The molecule has 0 aliphatic carbocycles. The molecule has 6 aromatic rings. The van der Waals surface area contributed by atoms with Crippen molar-refractivity contribution in [1.82, 2.24) is 9.38 Å². The molecule has 2 heterocycles. The predicted octanol–water partition coefficient (Wildman–Crippen LogP) is 6.70. The highest BCUT2D eigenvalue weighted by Gasteiger charge is 2.17. The first-order chi connectivity index (χ1) is 14.6. The maximum atomic E-state index is 13.5. The fourth-order valence-corrected chi connectivity index (χ4v) is 5.23. The molecule has 3 nitrogen and oxygen atoms in total. The van der Waals surface area contributed by atoms with Crippen LogP contribution in [0.3, 0.4) is 0 Å². The maximum Gasteiger partial charge on any atom is 0.264 e. The number of rotatable bonds is 2. The Morgan fingerprint density at radius 3 is 2.53 bits per heavy atom. The molecule has 0 saturated heterocycles. The number of halogens is 1. The van der Waals surface area contributed by atoms with Crippen LogP contribution in [0.1, 0.15) is 5.56 Å². The summed E-state index contributed by atoms with van der Waals surface area (Å²) in [5.74, 6) is 0. The summed E-state index contributed by atoms with van der Waals surface area (Å²) in [6, 6.07) is 24.0. The second kappa shape index (κ2) is 6.46. The van der Waals surface area contributed by atoms with Gasteiger partial charge in [-0.25, -0.2) is 4.98 Å². The minimum atomic E-state index is -0.0249. The van der Waals surface area contributed by atoms with Crippen LogP contribution >= 0.6 is 23.4 Å². The Bertz CT molecular complexity index is 1650. The van der Waals surface area contributed by atoms with Crippen molar-refractivity contribution in [2.75, 3.05) is 0 Å². The first kappa shape index (κ1) is 17.8. The van der Waals surface area contributed by atoms with E-state index in [1.54, 1.807) is 16.2 Å². The Balaban J connectivity index is 1.70. The zero-order valence-corrected chi connectivity index (χ0v) is 17.6. The number of aryl methyl sites for hydroxylation is 1. The lowest BCUT2D eigenvalue weighted by molar-refractivity contribution is 1.19. The molecule has 0 aliphatic rings. The van der Waals surface area contributed by atoms with Gasteiger partial charge in [-0.2, -0.15) is 0 Å². The molecule has 6 rings (SSSR count). The molecule has 0 unspecified atom stereocenters. The van der Waals surface area contributed by atoms with Crippen molar-refractivity contribution in [3.63, 3.8) is 0 Å². The molecule has 144 valence electrons. The van der Waals surface area contributed by atoms with Gasteiger partial charge < -0.3 is 0 Å². The first-order valence-electron chi connectivity index (χ1n) is 9.63. The van der Waals surface area contributed by atoms with Gasteiger partial charge in [0, 0.05) is 31.0 Å². The molecule has 0 atom stereocenters. The fraction of sp³-hybridized carbons (Fsp3) is 0.0400. The summed E-state index contributed by atoms with van der Waals surface area (Å²) >= 11 is 7.70. The molecule has 0 fully saturated rings. The summed E-state index contributed by atoms with van der Waals surface area (Å²) in [5, 5.41) is 4.47. The Morgan fingerprint density at radius 2 is 1.70 bits per heavy atom. The molecule has 0 bridgehead atoms.